The third-order valence-electron chi connectivity index (χ3n) is 2.51. The van der Waals surface area contributed by atoms with E-state index in [-0.39, 0.29) is 12.2 Å². The molecule has 1 aromatic carbocycles. The summed E-state index contributed by atoms with van der Waals surface area (Å²) in [5.41, 5.74) is 0.844. The number of aliphatic hydroxyl groups is 2. The predicted molar refractivity (Wildman–Crippen MR) is 66.5 cm³/mol. The summed E-state index contributed by atoms with van der Waals surface area (Å²) < 4.78 is 13.7. The number of anilines is 1. The molecule has 0 fully saturated rings. The van der Waals surface area contributed by atoms with Gasteiger partial charge >= 0.3 is 0 Å². The van der Waals surface area contributed by atoms with Gasteiger partial charge in [0, 0.05) is 24.3 Å². The van der Waals surface area contributed by atoms with Crippen LogP contribution < -0.4 is 4.90 Å². The molecule has 3 nitrogen and oxygen atoms in total. The Bertz CT molecular complexity index is 380. The third kappa shape index (κ3) is 3.28. The van der Waals surface area contributed by atoms with E-state index < -0.39 is 11.9 Å². The van der Waals surface area contributed by atoms with Crippen molar-refractivity contribution in [3.63, 3.8) is 0 Å². The van der Waals surface area contributed by atoms with Crippen LogP contribution in [-0.2, 0) is 0 Å². The second-order valence-corrected chi connectivity index (χ2v) is 3.81. The molecule has 4 heteroatoms. The average molecular weight is 239 g/mol. The predicted octanol–water partition coefficient (Wildman–Crippen LogP) is 1.86. The van der Waals surface area contributed by atoms with Gasteiger partial charge in [0.15, 0.2) is 0 Å². The molecule has 0 unspecified atom stereocenters. The van der Waals surface area contributed by atoms with Crippen molar-refractivity contribution >= 4 is 5.69 Å². The lowest BCUT2D eigenvalue weighted by Gasteiger charge is -2.26. The SMILES string of the molecule is C=CCN(CCO)c1cccc(F)c1[C@H](C)O. The standard InChI is InChI=1S/C13H18FNO2/c1-3-7-15(8-9-16)12-6-4-5-11(14)13(12)10(2)17/h3-6,10,16-17H,1,7-9H2,2H3/t10-/m0/s1. The van der Waals surface area contributed by atoms with Crippen LogP contribution in [0.25, 0.3) is 0 Å². The van der Waals surface area contributed by atoms with Gasteiger partial charge in [0.25, 0.3) is 0 Å². The third-order valence-corrected chi connectivity index (χ3v) is 2.51. The summed E-state index contributed by atoms with van der Waals surface area (Å²) in [6.45, 7) is 5.97. The van der Waals surface area contributed by atoms with Crippen LogP contribution in [0.15, 0.2) is 30.9 Å². The van der Waals surface area contributed by atoms with E-state index in [2.05, 4.69) is 6.58 Å². The van der Waals surface area contributed by atoms with Gasteiger partial charge in [-0.05, 0) is 19.1 Å². The summed E-state index contributed by atoms with van der Waals surface area (Å²) in [5.74, 6) is -0.440. The first-order valence-corrected chi connectivity index (χ1v) is 5.55. The number of nitrogens with zero attached hydrogens (tertiary/aromatic N) is 1. The maximum absolute atomic E-state index is 13.7. The Morgan fingerprint density at radius 2 is 2.24 bits per heavy atom. The van der Waals surface area contributed by atoms with Crippen molar-refractivity contribution in [1.82, 2.24) is 0 Å². The lowest BCUT2D eigenvalue weighted by atomic mass is 10.1. The van der Waals surface area contributed by atoms with Gasteiger partial charge in [0.1, 0.15) is 5.82 Å². The van der Waals surface area contributed by atoms with Gasteiger partial charge in [-0.3, -0.25) is 0 Å². The molecule has 94 valence electrons. The van der Waals surface area contributed by atoms with Crippen LogP contribution in [0.3, 0.4) is 0 Å². The quantitative estimate of drug-likeness (QED) is 0.745. The monoisotopic (exact) mass is 239 g/mol. The Morgan fingerprint density at radius 3 is 2.76 bits per heavy atom. The second kappa shape index (κ2) is 6.37. The largest absolute Gasteiger partial charge is 0.395 e. The van der Waals surface area contributed by atoms with Gasteiger partial charge in [-0.25, -0.2) is 4.39 Å². The molecule has 0 aliphatic heterocycles. The number of hydrogen-bond donors (Lipinski definition) is 2. The fraction of sp³-hybridized carbons (Fsp3) is 0.385. The maximum atomic E-state index is 13.7. The highest BCUT2D eigenvalue weighted by Gasteiger charge is 2.17. The molecule has 1 rings (SSSR count). The van der Waals surface area contributed by atoms with Crippen molar-refractivity contribution in [3.8, 4) is 0 Å². The Kier molecular flexibility index (Phi) is 5.12. The zero-order valence-electron chi connectivity index (χ0n) is 9.93. The van der Waals surface area contributed by atoms with E-state index in [4.69, 9.17) is 5.11 Å². The molecule has 17 heavy (non-hydrogen) atoms. The van der Waals surface area contributed by atoms with E-state index in [9.17, 15) is 9.50 Å². The van der Waals surface area contributed by atoms with Crippen molar-refractivity contribution in [1.29, 1.82) is 0 Å². The molecule has 0 spiro atoms. The molecule has 0 aromatic heterocycles. The molecule has 0 radical (unpaired) electrons. The Balaban J connectivity index is 3.16. The first kappa shape index (κ1) is 13.7. The van der Waals surface area contributed by atoms with Crippen LogP contribution in [-0.4, -0.2) is 29.9 Å². The minimum absolute atomic E-state index is 0.0381. The summed E-state index contributed by atoms with van der Waals surface area (Å²) in [4.78, 5) is 1.78. The molecule has 0 bridgehead atoms. The number of aliphatic hydroxyl groups excluding tert-OH is 2. The molecular weight excluding hydrogens is 221 g/mol. The van der Waals surface area contributed by atoms with Gasteiger partial charge in [-0.1, -0.05) is 12.1 Å². The van der Waals surface area contributed by atoms with Crippen LogP contribution in [0.5, 0.6) is 0 Å². The highest BCUT2D eigenvalue weighted by Crippen LogP contribution is 2.28. The molecule has 0 heterocycles. The minimum atomic E-state index is -0.891. The average Bonchev–Trinajstić information content (AvgIpc) is 2.28. The van der Waals surface area contributed by atoms with E-state index in [1.165, 1.54) is 13.0 Å². The van der Waals surface area contributed by atoms with Gasteiger partial charge in [-0.2, -0.15) is 0 Å². The van der Waals surface area contributed by atoms with E-state index in [0.29, 0.717) is 18.8 Å². The molecule has 0 saturated carbocycles. The van der Waals surface area contributed by atoms with Crippen molar-refractivity contribution < 1.29 is 14.6 Å². The number of halogens is 1. The zero-order valence-corrected chi connectivity index (χ0v) is 9.93. The van der Waals surface area contributed by atoms with Crippen LogP contribution in [0.4, 0.5) is 10.1 Å². The Labute approximate surface area is 101 Å². The lowest BCUT2D eigenvalue weighted by molar-refractivity contribution is 0.194. The van der Waals surface area contributed by atoms with Crippen molar-refractivity contribution in [3.05, 3.63) is 42.2 Å². The van der Waals surface area contributed by atoms with E-state index >= 15 is 0 Å². The van der Waals surface area contributed by atoms with E-state index in [1.54, 1.807) is 23.1 Å². The highest BCUT2D eigenvalue weighted by molar-refractivity contribution is 5.55. The lowest BCUT2D eigenvalue weighted by Crippen LogP contribution is -2.28. The number of hydrogen-bond acceptors (Lipinski definition) is 3. The summed E-state index contributed by atoms with van der Waals surface area (Å²) in [6.07, 6.45) is 0.782. The second-order valence-electron chi connectivity index (χ2n) is 3.81. The van der Waals surface area contributed by atoms with Gasteiger partial charge in [-0.15, -0.1) is 6.58 Å². The fourth-order valence-electron chi connectivity index (χ4n) is 1.80. The summed E-state index contributed by atoms with van der Waals surface area (Å²) in [7, 11) is 0. The van der Waals surface area contributed by atoms with E-state index in [1.807, 2.05) is 0 Å². The minimum Gasteiger partial charge on any atom is -0.395 e. The molecule has 0 aliphatic rings. The highest BCUT2D eigenvalue weighted by atomic mass is 19.1. The van der Waals surface area contributed by atoms with Crippen molar-refractivity contribution in [2.45, 2.75) is 13.0 Å². The number of benzene rings is 1. The topological polar surface area (TPSA) is 43.7 Å². The van der Waals surface area contributed by atoms with Crippen molar-refractivity contribution in [2.75, 3.05) is 24.6 Å². The van der Waals surface area contributed by atoms with Crippen LogP contribution in [0.2, 0.25) is 0 Å². The number of rotatable bonds is 6. The first-order chi connectivity index (χ1) is 8.11. The molecule has 1 atom stereocenters. The van der Waals surface area contributed by atoms with Gasteiger partial charge in [0.2, 0.25) is 0 Å². The summed E-state index contributed by atoms with van der Waals surface area (Å²) >= 11 is 0. The Morgan fingerprint density at radius 1 is 1.53 bits per heavy atom. The van der Waals surface area contributed by atoms with Crippen molar-refractivity contribution in [2.24, 2.45) is 0 Å². The zero-order chi connectivity index (χ0) is 12.8. The molecular formula is C13H18FNO2. The fourth-order valence-corrected chi connectivity index (χ4v) is 1.80. The molecule has 1 aromatic rings. The molecule has 2 N–H and O–H groups in total. The van der Waals surface area contributed by atoms with Gasteiger partial charge < -0.3 is 15.1 Å². The molecule has 0 amide bonds. The van der Waals surface area contributed by atoms with Crippen LogP contribution in [0.1, 0.15) is 18.6 Å². The summed E-state index contributed by atoms with van der Waals surface area (Å²) in [5, 5.41) is 18.6. The van der Waals surface area contributed by atoms with E-state index in [0.717, 1.165) is 0 Å². The molecule has 0 saturated heterocycles. The van der Waals surface area contributed by atoms with Crippen LogP contribution >= 0.6 is 0 Å². The smallest absolute Gasteiger partial charge is 0.131 e. The van der Waals surface area contributed by atoms with Gasteiger partial charge in [0.05, 0.1) is 12.7 Å². The summed E-state index contributed by atoms with van der Waals surface area (Å²) in [6, 6.07) is 4.63. The first-order valence-electron chi connectivity index (χ1n) is 5.55. The normalized spacial score (nSPS) is 12.2. The Hall–Kier alpha value is -1.39. The maximum Gasteiger partial charge on any atom is 0.131 e. The molecule has 0 aliphatic carbocycles. The van der Waals surface area contributed by atoms with Crippen LogP contribution in [0, 0.1) is 5.82 Å².